The van der Waals surface area contributed by atoms with E-state index in [9.17, 15) is 4.39 Å². The first kappa shape index (κ1) is 21.0. The Bertz CT molecular complexity index is 930. The van der Waals surface area contributed by atoms with Gasteiger partial charge in [0.15, 0.2) is 11.5 Å². The van der Waals surface area contributed by atoms with Gasteiger partial charge < -0.3 is 19.5 Å². The molecule has 29 heavy (non-hydrogen) atoms. The van der Waals surface area contributed by atoms with Crippen molar-refractivity contribution in [3.63, 3.8) is 0 Å². The number of halogens is 2. The topological polar surface area (TPSA) is 39.7 Å². The molecule has 0 radical (unpaired) electrons. The van der Waals surface area contributed by atoms with Gasteiger partial charge in [0.25, 0.3) is 0 Å². The van der Waals surface area contributed by atoms with Gasteiger partial charge in [-0.05, 0) is 47.0 Å². The van der Waals surface area contributed by atoms with E-state index in [1.54, 1.807) is 32.4 Å². The van der Waals surface area contributed by atoms with Gasteiger partial charge in [-0.1, -0.05) is 35.9 Å². The van der Waals surface area contributed by atoms with Crippen LogP contribution in [-0.4, -0.2) is 14.2 Å². The number of rotatable bonds is 9. The fourth-order valence-corrected chi connectivity index (χ4v) is 3.03. The average Bonchev–Trinajstić information content (AvgIpc) is 2.75. The minimum Gasteiger partial charge on any atom is -0.497 e. The van der Waals surface area contributed by atoms with Crippen molar-refractivity contribution in [2.75, 3.05) is 14.2 Å². The van der Waals surface area contributed by atoms with E-state index < -0.39 is 0 Å². The second-order valence-electron chi connectivity index (χ2n) is 6.46. The zero-order chi connectivity index (χ0) is 20.6. The Balaban J connectivity index is 1.61. The summed E-state index contributed by atoms with van der Waals surface area (Å²) in [6, 6.07) is 17.7. The number of ether oxygens (including phenoxy) is 3. The third-order valence-electron chi connectivity index (χ3n) is 4.44. The minimum atomic E-state index is -0.277. The molecule has 0 aliphatic heterocycles. The molecule has 0 saturated carbocycles. The lowest BCUT2D eigenvalue weighted by Crippen LogP contribution is -2.13. The van der Waals surface area contributed by atoms with E-state index in [2.05, 4.69) is 5.32 Å². The van der Waals surface area contributed by atoms with Gasteiger partial charge in [0, 0.05) is 24.2 Å². The normalized spacial score (nSPS) is 10.6. The average molecular weight is 416 g/mol. The van der Waals surface area contributed by atoms with Crippen LogP contribution in [0.25, 0.3) is 0 Å². The zero-order valence-corrected chi connectivity index (χ0v) is 17.1. The maximum absolute atomic E-state index is 13.0. The van der Waals surface area contributed by atoms with Crippen molar-refractivity contribution in [1.82, 2.24) is 5.32 Å². The van der Waals surface area contributed by atoms with E-state index in [4.69, 9.17) is 25.8 Å². The first-order valence-electron chi connectivity index (χ1n) is 9.16. The van der Waals surface area contributed by atoms with Gasteiger partial charge in [-0.2, -0.15) is 0 Å². The molecular formula is C23H23ClFNO3. The fourth-order valence-electron chi connectivity index (χ4n) is 2.81. The highest BCUT2D eigenvalue weighted by molar-refractivity contribution is 6.31. The van der Waals surface area contributed by atoms with Crippen molar-refractivity contribution in [3.8, 4) is 17.2 Å². The Hall–Kier alpha value is -2.76. The molecule has 3 rings (SSSR count). The van der Waals surface area contributed by atoms with Crippen molar-refractivity contribution in [2.45, 2.75) is 19.7 Å². The quantitative estimate of drug-likeness (QED) is 0.510. The van der Waals surface area contributed by atoms with Gasteiger partial charge in [-0.25, -0.2) is 4.39 Å². The standard InChI is InChI=1S/C23H23ClFNO3/c1-27-20-9-5-16(6-10-20)13-26-14-18-11-22(28-2)23(12-21(18)24)29-15-17-3-7-19(25)8-4-17/h3-12,26H,13-15H2,1-2H3. The molecule has 0 saturated heterocycles. The number of methoxy groups -OCH3 is 2. The highest BCUT2D eigenvalue weighted by Gasteiger charge is 2.11. The predicted molar refractivity (Wildman–Crippen MR) is 112 cm³/mol. The van der Waals surface area contributed by atoms with Gasteiger partial charge in [0.05, 0.1) is 14.2 Å². The van der Waals surface area contributed by atoms with Crippen LogP contribution in [0.5, 0.6) is 17.2 Å². The van der Waals surface area contributed by atoms with Crippen molar-refractivity contribution in [2.24, 2.45) is 0 Å². The number of benzene rings is 3. The molecule has 4 nitrogen and oxygen atoms in total. The molecule has 0 aliphatic carbocycles. The molecule has 1 N–H and O–H groups in total. The van der Waals surface area contributed by atoms with Crippen LogP contribution in [0.4, 0.5) is 4.39 Å². The molecule has 0 aromatic heterocycles. The predicted octanol–water partition coefficient (Wildman–Crippen LogP) is 5.37. The van der Waals surface area contributed by atoms with E-state index in [0.717, 1.165) is 22.4 Å². The maximum atomic E-state index is 13.0. The van der Waals surface area contributed by atoms with Crippen LogP contribution in [0.15, 0.2) is 60.7 Å². The molecule has 6 heteroatoms. The smallest absolute Gasteiger partial charge is 0.163 e. The minimum absolute atomic E-state index is 0.277. The van der Waals surface area contributed by atoms with E-state index in [1.807, 2.05) is 30.3 Å². The molecular weight excluding hydrogens is 393 g/mol. The molecule has 0 unspecified atom stereocenters. The van der Waals surface area contributed by atoms with Gasteiger partial charge in [-0.3, -0.25) is 0 Å². The maximum Gasteiger partial charge on any atom is 0.163 e. The fraction of sp³-hybridized carbons (Fsp3) is 0.217. The second-order valence-corrected chi connectivity index (χ2v) is 6.87. The van der Waals surface area contributed by atoms with Crippen molar-refractivity contribution in [1.29, 1.82) is 0 Å². The van der Waals surface area contributed by atoms with Gasteiger partial charge in [-0.15, -0.1) is 0 Å². The summed E-state index contributed by atoms with van der Waals surface area (Å²) in [5, 5.41) is 3.96. The van der Waals surface area contributed by atoms with Gasteiger partial charge in [0.1, 0.15) is 18.2 Å². The van der Waals surface area contributed by atoms with Crippen molar-refractivity contribution >= 4 is 11.6 Å². The van der Waals surface area contributed by atoms with Crippen LogP contribution in [-0.2, 0) is 19.7 Å². The van der Waals surface area contributed by atoms with E-state index in [-0.39, 0.29) is 5.82 Å². The lowest BCUT2D eigenvalue weighted by atomic mass is 10.1. The Labute approximate surface area is 175 Å². The molecule has 0 spiro atoms. The number of hydrogen-bond donors (Lipinski definition) is 1. The largest absolute Gasteiger partial charge is 0.497 e. The first-order chi connectivity index (χ1) is 14.1. The first-order valence-corrected chi connectivity index (χ1v) is 9.54. The molecule has 0 amide bonds. The molecule has 3 aromatic rings. The lowest BCUT2D eigenvalue weighted by molar-refractivity contribution is 0.284. The highest BCUT2D eigenvalue weighted by atomic mass is 35.5. The van der Waals surface area contributed by atoms with Gasteiger partial charge >= 0.3 is 0 Å². The molecule has 0 aliphatic rings. The summed E-state index contributed by atoms with van der Waals surface area (Å²) < 4.78 is 29.5. The molecule has 0 fully saturated rings. The summed E-state index contributed by atoms with van der Waals surface area (Å²) in [6.45, 7) is 1.58. The summed E-state index contributed by atoms with van der Waals surface area (Å²) in [5.74, 6) is 1.69. The Kier molecular flexibility index (Phi) is 7.33. The summed E-state index contributed by atoms with van der Waals surface area (Å²) in [4.78, 5) is 0. The number of hydrogen-bond acceptors (Lipinski definition) is 4. The van der Waals surface area contributed by atoms with Crippen molar-refractivity contribution < 1.29 is 18.6 Å². The number of nitrogens with one attached hydrogen (secondary N) is 1. The van der Waals surface area contributed by atoms with Gasteiger partial charge in [0.2, 0.25) is 0 Å². The zero-order valence-electron chi connectivity index (χ0n) is 16.4. The SMILES string of the molecule is COc1ccc(CNCc2cc(OC)c(OCc3ccc(F)cc3)cc2Cl)cc1. The molecule has 3 aromatic carbocycles. The summed E-state index contributed by atoms with van der Waals surface area (Å²) >= 11 is 6.44. The second kappa shape index (κ2) is 10.1. The lowest BCUT2D eigenvalue weighted by Gasteiger charge is -2.14. The monoisotopic (exact) mass is 415 g/mol. The molecule has 0 bridgehead atoms. The third kappa shape index (κ3) is 5.86. The van der Waals surface area contributed by atoms with E-state index in [0.29, 0.717) is 36.2 Å². The third-order valence-corrected chi connectivity index (χ3v) is 4.80. The van der Waals surface area contributed by atoms with E-state index in [1.165, 1.54) is 12.1 Å². The summed E-state index contributed by atoms with van der Waals surface area (Å²) in [5.41, 5.74) is 2.91. The van der Waals surface area contributed by atoms with Crippen LogP contribution >= 0.6 is 11.6 Å². The van der Waals surface area contributed by atoms with Crippen LogP contribution in [0.3, 0.4) is 0 Å². The Morgan fingerprint density at radius 2 is 1.52 bits per heavy atom. The summed E-state index contributed by atoms with van der Waals surface area (Å²) in [6.07, 6.45) is 0. The Morgan fingerprint density at radius 3 is 2.17 bits per heavy atom. The van der Waals surface area contributed by atoms with Crippen molar-refractivity contribution in [3.05, 3.63) is 88.2 Å². The molecule has 0 heterocycles. The molecule has 0 atom stereocenters. The summed E-state index contributed by atoms with van der Waals surface area (Å²) in [7, 11) is 3.23. The van der Waals surface area contributed by atoms with Crippen LogP contribution in [0.1, 0.15) is 16.7 Å². The molecule has 152 valence electrons. The van der Waals surface area contributed by atoms with E-state index >= 15 is 0 Å². The van der Waals surface area contributed by atoms with Crippen LogP contribution in [0, 0.1) is 5.82 Å². The highest BCUT2D eigenvalue weighted by Crippen LogP contribution is 2.34. The van der Waals surface area contributed by atoms with Crippen LogP contribution in [0.2, 0.25) is 5.02 Å². The van der Waals surface area contributed by atoms with Crippen LogP contribution < -0.4 is 19.5 Å². The Morgan fingerprint density at radius 1 is 0.828 bits per heavy atom.